The third kappa shape index (κ3) is 3.85. The van der Waals surface area contributed by atoms with Crippen LogP contribution in [-0.4, -0.2) is 47.9 Å². The molecule has 116 valence electrons. The Morgan fingerprint density at radius 1 is 1.50 bits per heavy atom. The average Bonchev–Trinajstić information content (AvgIpc) is 2.80. The molecule has 6 heteroatoms. The Bertz CT molecular complexity index is 351. The van der Waals surface area contributed by atoms with Crippen LogP contribution in [-0.2, 0) is 9.59 Å². The zero-order valence-corrected chi connectivity index (χ0v) is 13.2. The van der Waals surface area contributed by atoms with Crippen LogP contribution in [0.5, 0.6) is 0 Å². The van der Waals surface area contributed by atoms with Gasteiger partial charge in [0, 0.05) is 25.0 Å². The number of amides is 2. The molecule has 2 N–H and O–H groups in total. The van der Waals surface area contributed by atoms with E-state index in [1.165, 1.54) is 0 Å². The van der Waals surface area contributed by atoms with Crippen molar-refractivity contribution in [3.8, 4) is 0 Å². The van der Waals surface area contributed by atoms with Gasteiger partial charge in [0.15, 0.2) is 0 Å². The maximum atomic E-state index is 12.4. The molecule has 0 saturated carbocycles. The van der Waals surface area contributed by atoms with Crippen molar-refractivity contribution in [1.29, 1.82) is 0 Å². The van der Waals surface area contributed by atoms with Gasteiger partial charge >= 0.3 is 0 Å². The topological polar surface area (TPSA) is 61.4 Å². The molecule has 3 atom stereocenters. The van der Waals surface area contributed by atoms with Gasteiger partial charge in [0.25, 0.3) is 0 Å². The Morgan fingerprint density at radius 3 is 2.80 bits per heavy atom. The lowest BCUT2D eigenvalue weighted by Gasteiger charge is -2.33. The molecule has 2 heterocycles. The fourth-order valence-electron chi connectivity index (χ4n) is 3.07. The van der Waals surface area contributed by atoms with Gasteiger partial charge in [-0.25, -0.2) is 0 Å². The fourth-order valence-corrected chi connectivity index (χ4v) is 3.07. The molecule has 2 aliphatic rings. The molecule has 0 spiro atoms. The van der Waals surface area contributed by atoms with Crippen molar-refractivity contribution >= 4 is 24.2 Å². The quantitative estimate of drug-likeness (QED) is 0.816. The maximum Gasteiger partial charge on any atom is 0.243 e. The second kappa shape index (κ2) is 7.84. The highest BCUT2D eigenvalue weighted by atomic mass is 35.5. The maximum absolute atomic E-state index is 12.4. The molecule has 0 aromatic rings. The van der Waals surface area contributed by atoms with Crippen molar-refractivity contribution in [2.24, 2.45) is 0 Å². The van der Waals surface area contributed by atoms with E-state index in [9.17, 15) is 9.59 Å². The lowest BCUT2D eigenvalue weighted by molar-refractivity contribution is -0.138. The minimum atomic E-state index is -0.288. The second-order valence-electron chi connectivity index (χ2n) is 5.61. The minimum Gasteiger partial charge on any atom is -0.350 e. The van der Waals surface area contributed by atoms with Gasteiger partial charge in [-0.1, -0.05) is 6.92 Å². The van der Waals surface area contributed by atoms with Gasteiger partial charge in [-0.15, -0.1) is 12.4 Å². The van der Waals surface area contributed by atoms with Gasteiger partial charge in [0.2, 0.25) is 11.8 Å². The van der Waals surface area contributed by atoms with Crippen molar-refractivity contribution in [2.75, 3.05) is 13.1 Å². The van der Waals surface area contributed by atoms with E-state index in [2.05, 4.69) is 17.6 Å². The van der Waals surface area contributed by atoms with Gasteiger partial charge in [0.1, 0.15) is 6.04 Å². The molecule has 3 unspecified atom stereocenters. The van der Waals surface area contributed by atoms with E-state index < -0.39 is 0 Å². The first-order valence-corrected chi connectivity index (χ1v) is 7.46. The van der Waals surface area contributed by atoms with Crippen molar-refractivity contribution in [2.45, 2.75) is 64.1 Å². The predicted molar refractivity (Wildman–Crippen MR) is 80.9 cm³/mol. The standard InChI is InChI=1S/C14H25N3O2.ClH/c1-3-12(17-9-5-7-13(17)18)14(19)16-11-6-4-8-15-10(11)2;/h10-12,15H,3-9H2,1-2H3,(H,16,19);1H. The van der Waals surface area contributed by atoms with Gasteiger partial charge in [0.05, 0.1) is 0 Å². The summed E-state index contributed by atoms with van der Waals surface area (Å²) < 4.78 is 0. The normalized spacial score (nSPS) is 27.9. The summed E-state index contributed by atoms with van der Waals surface area (Å²) >= 11 is 0. The van der Waals surface area contributed by atoms with E-state index in [1.807, 2.05) is 6.92 Å². The summed E-state index contributed by atoms with van der Waals surface area (Å²) in [7, 11) is 0. The second-order valence-corrected chi connectivity index (χ2v) is 5.61. The van der Waals surface area contributed by atoms with Crippen LogP contribution in [0.4, 0.5) is 0 Å². The van der Waals surface area contributed by atoms with Crippen LogP contribution in [0.2, 0.25) is 0 Å². The van der Waals surface area contributed by atoms with E-state index in [1.54, 1.807) is 4.90 Å². The SMILES string of the molecule is CCC(C(=O)NC1CCCNC1C)N1CCCC1=O.Cl. The summed E-state index contributed by atoms with van der Waals surface area (Å²) in [4.78, 5) is 25.9. The van der Waals surface area contributed by atoms with Crippen LogP contribution in [0.15, 0.2) is 0 Å². The van der Waals surface area contributed by atoms with Crippen LogP contribution < -0.4 is 10.6 Å². The summed E-state index contributed by atoms with van der Waals surface area (Å²) in [6.07, 6.45) is 4.26. The van der Waals surface area contributed by atoms with Crippen molar-refractivity contribution < 1.29 is 9.59 Å². The Hall–Kier alpha value is -0.810. The molecule has 2 rings (SSSR count). The first kappa shape index (κ1) is 17.2. The Labute approximate surface area is 127 Å². The minimum absolute atomic E-state index is 0. The van der Waals surface area contributed by atoms with Crippen LogP contribution in [0.3, 0.4) is 0 Å². The number of halogens is 1. The van der Waals surface area contributed by atoms with E-state index >= 15 is 0 Å². The van der Waals surface area contributed by atoms with E-state index in [0.29, 0.717) is 18.9 Å². The van der Waals surface area contributed by atoms with Crippen LogP contribution >= 0.6 is 12.4 Å². The highest BCUT2D eigenvalue weighted by molar-refractivity contribution is 5.88. The zero-order chi connectivity index (χ0) is 13.8. The summed E-state index contributed by atoms with van der Waals surface area (Å²) in [5.74, 6) is 0.134. The van der Waals surface area contributed by atoms with Gasteiger partial charge in [-0.3, -0.25) is 9.59 Å². The zero-order valence-electron chi connectivity index (χ0n) is 12.4. The molecule has 0 aliphatic carbocycles. The van der Waals surface area contributed by atoms with Gasteiger partial charge < -0.3 is 15.5 Å². The molecule has 2 aliphatic heterocycles. The number of rotatable bonds is 4. The number of hydrogen-bond acceptors (Lipinski definition) is 3. The summed E-state index contributed by atoms with van der Waals surface area (Å²) in [6.45, 7) is 5.82. The van der Waals surface area contributed by atoms with E-state index in [-0.39, 0.29) is 36.3 Å². The fraction of sp³-hybridized carbons (Fsp3) is 0.857. The Morgan fingerprint density at radius 2 is 2.25 bits per heavy atom. The highest BCUT2D eigenvalue weighted by Gasteiger charge is 2.33. The molecule has 0 aromatic carbocycles. The van der Waals surface area contributed by atoms with Crippen molar-refractivity contribution in [1.82, 2.24) is 15.5 Å². The smallest absolute Gasteiger partial charge is 0.243 e. The summed E-state index contributed by atoms with van der Waals surface area (Å²) in [6, 6.07) is 0.210. The molecule has 0 bridgehead atoms. The first-order chi connectivity index (χ1) is 9.13. The number of nitrogens with one attached hydrogen (secondary N) is 2. The molecular weight excluding hydrogens is 278 g/mol. The number of nitrogens with zero attached hydrogens (tertiary/aromatic N) is 1. The molecule has 5 nitrogen and oxygen atoms in total. The number of carbonyl (C=O) groups is 2. The summed E-state index contributed by atoms with van der Waals surface area (Å²) in [5, 5.41) is 6.50. The third-order valence-electron chi connectivity index (χ3n) is 4.27. The molecule has 0 aromatic heterocycles. The Balaban J connectivity index is 0.00000200. The molecule has 2 fully saturated rings. The van der Waals surface area contributed by atoms with Crippen molar-refractivity contribution in [3.63, 3.8) is 0 Å². The van der Waals surface area contributed by atoms with Crippen LogP contribution in [0.1, 0.15) is 46.0 Å². The van der Waals surface area contributed by atoms with Gasteiger partial charge in [-0.05, 0) is 39.2 Å². The summed E-state index contributed by atoms with van der Waals surface area (Å²) in [5.41, 5.74) is 0. The van der Waals surface area contributed by atoms with E-state index in [0.717, 1.165) is 32.4 Å². The Kier molecular flexibility index (Phi) is 6.76. The lowest BCUT2D eigenvalue weighted by Crippen LogP contribution is -2.56. The molecule has 2 amide bonds. The monoisotopic (exact) mass is 303 g/mol. The molecular formula is C14H26ClN3O2. The highest BCUT2D eigenvalue weighted by Crippen LogP contribution is 2.17. The number of hydrogen-bond donors (Lipinski definition) is 2. The third-order valence-corrected chi connectivity index (χ3v) is 4.27. The number of carbonyl (C=O) groups excluding carboxylic acids is 2. The van der Waals surface area contributed by atoms with Gasteiger partial charge in [-0.2, -0.15) is 0 Å². The number of likely N-dealkylation sites (tertiary alicyclic amines) is 1. The van der Waals surface area contributed by atoms with E-state index in [4.69, 9.17) is 0 Å². The van der Waals surface area contributed by atoms with Crippen molar-refractivity contribution in [3.05, 3.63) is 0 Å². The van der Waals surface area contributed by atoms with Crippen LogP contribution in [0.25, 0.3) is 0 Å². The predicted octanol–water partition coefficient (Wildman–Crippen LogP) is 1.07. The average molecular weight is 304 g/mol. The molecule has 2 saturated heterocycles. The first-order valence-electron chi connectivity index (χ1n) is 7.46. The lowest BCUT2D eigenvalue weighted by atomic mass is 9.99. The number of piperidine rings is 1. The largest absolute Gasteiger partial charge is 0.350 e. The van der Waals surface area contributed by atoms with Crippen LogP contribution in [0, 0.1) is 0 Å². The molecule has 20 heavy (non-hydrogen) atoms. The molecule has 0 radical (unpaired) electrons.